The van der Waals surface area contributed by atoms with Gasteiger partial charge in [-0.1, -0.05) is 18.2 Å². The van der Waals surface area contributed by atoms with E-state index in [0.29, 0.717) is 16.7 Å². The van der Waals surface area contributed by atoms with Crippen molar-refractivity contribution in [3.63, 3.8) is 0 Å². The van der Waals surface area contributed by atoms with Crippen molar-refractivity contribution in [3.8, 4) is 0 Å². The molecule has 0 aliphatic carbocycles. The van der Waals surface area contributed by atoms with Crippen LogP contribution in [0.2, 0.25) is 5.28 Å². The van der Waals surface area contributed by atoms with E-state index in [1.807, 2.05) is 6.07 Å². The number of imidazole rings is 1. The second-order valence-electron chi connectivity index (χ2n) is 6.10. The number of halogens is 1. The Balaban J connectivity index is 1.68. The summed E-state index contributed by atoms with van der Waals surface area (Å²) in [5.74, 6) is -0.177. The maximum Gasteiger partial charge on any atom is 0.256 e. The van der Waals surface area contributed by atoms with Crippen molar-refractivity contribution in [2.24, 2.45) is 0 Å². The Hall–Kier alpha value is -2.59. The highest BCUT2D eigenvalue weighted by molar-refractivity contribution is 6.28. The van der Waals surface area contributed by atoms with Crippen molar-refractivity contribution >= 4 is 34.5 Å². The maximum absolute atomic E-state index is 12.4. The topological polar surface area (TPSA) is 122 Å². The number of benzene rings is 1. The maximum atomic E-state index is 12.4. The molecule has 1 aliphatic heterocycles. The lowest BCUT2D eigenvalue weighted by molar-refractivity contribution is -0.0432. The fraction of sp³-hybridized carbons (Fsp3) is 0.294. The summed E-state index contributed by atoms with van der Waals surface area (Å²) in [5.41, 5.74) is 1.16. The van der Waals surface area contributed by atoms with Crippen LogP contribution in [0.5, 0.6) is 0 Å². The molecule has 1 aromatic carbocycles. The molecule has 3 N–H and O–H groups in total. The van der Waals surface area contributed by atoms with Gasteiger partial charge in [-0.25, -0.2) is 4.98 Å². The van der Waals surface area contributed by atoms with Crippen LogP contribution in [0.3, 0.4) is 0 Å². The Morgan fingerprint density at radius 2 is 2.11 bits per heavy atom. The van der Waals surface area contributed by atoms with Gasteiger partial charge in [-0.2, -0.15) is 9.97 Å². The van der Waals surface area contributed by atoms with E-state index in [0.717, 1.165) is 0 Å². The lowest BCUT2D eigenvalue weighted by atomic mass is 10.2. The highest BCUT2D eigenvalue weighted by Crippen LogP contribution is 2.32. The Kier molecular flexibility index (Phi) is 4.75. The van der Waals surface area contributed by atoms with E-state index >= 15 is 0 Å². The normalized spacial score (nSPS) is 22.3. The molecule has 3 aromatic rings. The van der Waals surface area contributed by atoms with Gasteiger partial charge in [0.05, 0.1) is 19.0 Å². The van der Waals surface area contributed by atoms with Crippen LogP contribution in [0.25, 0.3) is 11.2 Å². The summed E-state index contributed by atoms with van der Waals surface area (Å²) in [7, 11) is 0. The molecule has 140 valence electrons. The zero-order chi connectivity index (χ0) is 19.0. The first-order valence-corrected chi connectivity index (χ1v) is 8.65. The van der Waals surface area contributed by atoms with Gasteiger partial charge in [-0.15, -0.1) is 0 Å². The lowest BCUT2D eigenvalue weighted by Crippen LogP contribution is -2.24. The quantitative estimate of drug-likeness (QED) is 0.576. The molecule has 3 heterocycles. The first-order valence-electron chi connectivity index (χ1n) is 8.27. The van der Waals surface area contributed by atoms with Crippen molar-refractivity contribution in [2.75, 3.05) is 11.9 Å². The summed E-state index contributed by atoms with van der Waals surface area (Å²) in [6.45, 7) is -0.293. The van der Waals surface area contributed by atoms with E-state index in [9.17, 15) is 15.0 Å². The standard InChI is InChI=1S/C17H16ClN5O4/c18-17-21-14(20-16(26)9-4-2-1-3-5-9)13-15(22-17)23(8-19-13)12-6-10(25)11(7-24)27-12/h1-5,8,10-12,24-25H,6-7H2,(H,20,21,22,26). The van der Waals surface area contributed by atoms with Crippen molar-refractivity contribution < 1.29 is 19.7 Å². The largest absolute Gasteiger partial charge is 0.394 e. The molecule has 0 radical (unpaired) electrons. The minimum Gasteiger partial charge on any atom is -0.394 e. The lowest BCUT2D eigenvalue weighted by Gasteiger charge is -2.14. The highest BCUT2D eigenvalue weighted by Gasteiger charge is 2.35. The average Bonchev–Trinajstić information content (AvgIpc) is 3.25. The van der Waals surface area contributed by atoms with Gasteiger partial charge in [0, 0.05) is 12.0 Å². The number of aliphatic hydroxyl groups is 2. The monoisotopic (exact) mass is 389 g/mol. The summed E-state index contributed by atoms with van der Waals surface area (Å²) < 4.78 is 7.23. The van der Waals surface area contributed by atoms with Gasteiger partial charge in [-0.05, 0) is 23.7 Å². The van der Waals surface area contributed by atoms with Crippen LogP contribution in [-0.4, -0.2) is 54.5 Å². The second-order valence-corrected chi connectivity index (χ2v) is 6.44. The van der Waals surface area contributed by atoms with Crippen LogP contribution in [-0.2, 0) is 4.74 Å². The Bertz CT molecular complexity index is 980. The minimum atomic E-state index is -0.799. The molecule has 9 nitrogen and oxygen atoms in total. The smallest absolute Gasteiger partial charge is 0.256 e. The first-order chi connectivity index (χ1) is 13.1. The number of nitrogens with one attached hydrogen (secondary N) is 1. The Morgan fingerprint density at radius 1 is 1.33 bits per heavy atom. The van der Waals surface area contributed by atoms with E-state index in [1.165, 1.54) is 6.33 Å². The molecule has 10 heteroatoms. The molecule has 2 aromatic heterocycles. The van der Waals surface area contributed by atoms with Crippen LogP contribution < -0.4 is 5.32 Å². The van der Waals surface area contributed by atoms with Gasteiger partial charge in [0.2, 0.25) is 5.28 Å². The van der Waals surface area contributed by atoms with Crippen LogP contribution in [0.15, 0.2) is 36.7 Å². The van der Waals surface area contributed by atoms with Crippen LogP contribution in [0.1, 0.15) is 23.0 Å². The van der Waals surface area contributed by atoms with Gasteiger partial charge < -0.3 is 20.3 Å². The molecule has 1 saturated heterocycles. The SMILES string of the molecule is O=C(Nc1nc(Cl)nc2c1ncn2C1CC(O)C(CO)O1)c1ccccc1. The molecule has 1 aliphatic rings. The molecule has 4 rings (SSSR count). The predicted octanol–water partition coefficient (Wildman–Crippen LogP) is 1.37. The van der Waals surface area contributed by atoms with Crippen molar-refractivity contribution in [1.82, 2.24) is 19.5 Å². The molecule has 0 saturated carbocycles. The minimum absolute atomic E-state index is 0.0649. The van der Waals surface area contributed by atoms with Crippen molar-refractivity contribution in [1.29, 1.82) is 0 Å². The van der Waals surface area contributed by atoms with Crippen LogP contribution in [0.4, 0.5) is 5.82 Å². The first kappa shape index (κ1) is 17.8. The summed E-state index contributed by atoms with van der Waals surface area (Å²) in [6, 6.07) is 8.68. The van der Waals surface area contributed by atoms with Gasteiger partial charge >= 0.3 is 0 Å². The van der Waals surface area contributed by atoms with Gasteiger partial charge in [0.15, 0.2) is 17.0 Å². The van der Waals surface area contributed by atoms with Gasteiger partial charge in [-0.3, -0.25) is 9.36 Å². The number of aromatic nitrogens is 4. The Labute approximate surface area is 158 Å². The van der Waals surface area contributed by atoms with E-state index in [2.05, 4.69) is 20.3 Å². The van der Waals surface area contributed by atoms with Crippen LogP contribution >= 0.6 is 11.6 Å². The molecular formula is C17H16ClN5O4. The fourth-order valence-corrected chi connectivity index (χ4v) is 3.17. The summed E-state index contributed by atoms with van der Waals surface area (Å²) >= 11 is 6.03. The number of anilines is 1. The number of carbonyl (C=O) groups excluding carboxylic acids is 1. The molecule has 1 amide bonds. The summed E-state index contributed by atoms with van der Waals surface area (Å²) in [6.07, 6.45) is -0.297. The number of fused-ring (bicyclic) bond motifs is 1. The number of aliphatic hydroxyl groups excluding tert-OH is 2. The number of nitrogens with zero attached hydrogens (tertiary/aromatic N) is 4. The van der Waals surface area contributed by atoms with E-state index < -0.39 is 18.4 Å². The molecular weight excluding hydrogens is 374 g/mol. The third-order valence-corrected chi connectivity index (χ3v) is 4.53. The van der Waals surface area contributed by atoms with E-state index in [-0.39, 0.29) is 30.0 Å². The molecule has 1 fully saturated rings. The summed E-state index contributed by atoms with van der Waals surface area (Å²) in [5, 5.41) is 21.8. The van der Waals surface area contributed by atoms with Crippen molar-refractivity contribution in [3.05, 3.63) is 47.5 Å². The zero-order valence-electron chi connectivity index (χ0n) is 14.0. The number of hydrogen-bond acceptors (Lipinski definition) is 7. The average molecular weight is 390 g/mol. The second kappa shape index (κ2) is 7.20. The third-order valence-electron chi connectivity index (χ3n) is 4.36. The number of carbonyl (C=O) groups is 1. The van der Waals surface area contributed by atoms with E-state index in [1.54, 1.807) is 28.8 Å². The predicted molar refractivity (Wildman–Crippen MR) is 96.3 cm³/mol. The van der Waals surface area contributed by atoms with E-state index in [4.69, 9.17) is 16.3 Å². The number of ether oxygens (including phenoxy) is 1. The molecule has 3 atom stereocenters. The molecule has 27 heavy (non-hydrogen) atoms. The summed E-state index contributed by atoms with van der Waals surface area (Å²) in [4.78, 5) is 24.9. The highest BCUT2D eigenvalue weighted by atomic mass is 35.5. The fourth-order valence-electron chi connectivity index (χ4n) is 3.01. The van der Waals surface area contributed by atoms with Crippen molar-refractivity contribution in [2.45, 2.75) is 24.9 Å². The Morgan fingerprint density at radius 3 is 2.81 bits per heavy atom. The zero-order valence-corrected chi connectivity index (χ0v) is 14.7. The van der Waals surface area contributed by atoms with Crippen LogP contribution in [0, 0.1) is 0 Å². The van der Waals surface area contributed by atoms with Gasteiger partial charge in [0.25, 0.3) is 5.91 Å². The number of rotatable bonds is 4. The number of hydrogen-bond donors (Lipinski definition) is 3. The molecule has 3 unspecified atom stereocenters. The molecule has 0 bridgehead atoms. The molecule has 0 spiro atoms. The third kappa shape index (κ3) is 3.37. The van der Waals surface area contributed by atoms with Gasteiger partial charge in [0.1, 0.15) is 12.3 Å². The number of amides is 1.